The van der Waals surface area contributed by atoms with Crippen LogP contribution in [0, 0.1) is 0 Å². The zero-order chi connectivity index (χ0) is 18.7. The van der Waals surface area contributed by atoms with E-state index in [1.807, 2.05) is 0 Å². The molecule has 9 heteroatoms. The maximum atomic E-state index is 12.6. The highest BCUT2D eigenvalue weighted by Crippen LogP contribution is 2.22. The van der Waals surface area contributed by atoms with Crippen molar-refractivity contribution in [1.29, 1.82) is 0 Å². The Labute approximate surface area is 152 Å². The molecule has 2 aliphatic rings. The van der Waals surface area contributed by atoms with Gasteiger partial charge in [0.05, 0.1) is 18.1 Å². The van der Waals surface area contributed by atoms with Crippen LogP contribution in [0.4, 0.5) is 0 Å². The number of nitrogens with zero attached hydrogens (tertiary/aromatic N) is 2. The van der Waals surface area contributed by atoms with E-state index in [9.17, 15) is 23.1 Å². The second-order valence-electron chi connectivity index (χ2n) is 6.42. The normalized spacial score (nSPS) is 22.2. The number of hydrogen-bond donors (Lipinski definition) is 1. The fraction of sp³-hybridized carbons (Fsp3) is 0.529. The molecule has 26 heavy (non-hydrogen) atoms. The second-order valence-corrected chi connectivity index (χ2v) is 8.35. The van der Waals surface area contributed by atoms with E-state index in [1.165, 1.54) is 33.5 Å². The predicted octanol–water partition coefficient (Wildman–Crippen LogP) is 0.787. The third-order valence-electron chi connectivity index (χ3n) is 4.73. The molecular weight excluding hydrogens is 360 g/mol. The minimum atomic E-state index is -3.56. The fourth-order valence-electron chi connectivity index (χ4n) is 3.24. The molecule has 1 aromatic carbocycles. The van der Waals surface area contributed by atoms with Crippen LogP contribution in [0.15, 0.2) is 29.2 Å². The number of piperidine rings is 1. The molecule has 1 unspecified atom stereocenters. The van der Waals surface area contributed by atoms with Gasteiger partial charge in [-0.1, -0.05) is 6.42 Å². The van der Waals surface area contributed by atoms with Crippen LogP contribution in [0.25, 0.3) is 0 Å². The first-order valence-electron chi connectivity index (χ1n) is 8.63. The summed E-state index contributed by atoms with van der Waals surface area (Å²) < 4.78 is 31.9. The molecule has 0 radical (unpaired) electrons. The SMILES string of the molecule is O=C(O)C1COCCN1C(=O)c1ccc(S(=O)(=O)N2CCCCC2)cc1. The molecule has 0 bridgehead atoms. The van der Waals surface area contributed by atoms with E-state index in [1.54, 1.807) is 0 Å². The van der Waals surface area contributed by atoms with Crippen molar-refractivity contribution in [3.8, 4) is 0 Å². The highest BCUT2D eigenvalue weighted by Gasteiger charge is 2.33. The van der Waals surface area contributed by atoms with Crippen LogP contribution >= 0.6 is 0 Å². The molecule has 3 rings (SSSR count). The van der Waals surface area contributed by atoms with Crippen molar-refractivity contribution in [2.75, 3.05) is 32.8 Å². The summed E-state index contributed by atoms with van der Waals surface area (Å²) in [4.78, 5) is 25.3. The standard InChI is InChI=1S/C17H22N2O6S/c20-16(19-10-11-25-12-15(19)17(21)22)13-4-6-14(7-5-13)26(23,24)18-8-2-1-3-9-18/h4-7,15H,1-3,8-12H2,(H,21,22). The Balaban J connectivity index is 1.78. The Morgan fingerprint density at radius 3 is 2.31 bits per heavy atom. The molecule has 8 nitrogen and oxygen atoms in total. The summed E-state index contributed by atoms with van der Waals surface area (Å²) in [5, 5.41) is 9.24. The largest absolute Gasteiger partial charge is 0.480 e. The first-order chi connectivity index (χ1) is 12.4. The minimum absolute atomic E-state index is 0.0531. The molecule has 1 aromatic rings. The quantitative estimate of drug-likeness (QED) is 0.826. The number of carbonyl (C=O) groups excluding carboxylic acids is 1. The molecule has 1 amide bonds. The van der Waals surface area contributed by atoms with Crippen molar-refractivity contribution in [1.82, 2.24) is 9.21 Å². The van der Waals surface area contributed by atoms with E-state index in [2.05, 4.69) is 0 Å². The lowest BCUT2D eigenvalue weighted by atomic mass is 10.1. The summed E-state index contributed by atoms with van der Waals surface area (Å²) in [6.45, 7) is 1.43. The van der Waals surface area contributed by atoms with E-state index in [4.69, 9.17) is 4.74 Å². The Morgan fingerprint density at radius 1 is 1.04 bits per heavy atom. The number of aliphatic carboxylic acids is 1. The van der Waals surface area contributed by atoms with Gasteiger partial charge >= 0.3 is 5.97 Å². The van der Waals surface area contributed by atoms with Gasteiger partial charge in [0.1, 0.15) is 0 Å². The number of amides is 1. The Hall–Kier alpha value is -1.97. The van der Waals surface area contributed by atoms with Gasteiger partial charge in [-0.15, -0.1) is 0 Å². The fourth-order valence-corrected chi connectivity index (χ4v) is 4.76. The summed E-state index contributed by atoms with van der Waals surface area (Å²) in [7, 11) is -3.56. The molecule has 0 spiro atoms. The Bertz CT molecular complexity index is 771. The molecule has 2 fully saturated rings. The number of benzene rings is 1. The lowest BCUT2D eigenvalue weighted by Gasteiger charge is -2.33. The van der Waals surface area contributed by atoms with Crippen molar-refractivity contribution >= 4 is 21.9 Å². The van der Waals surface area contributed by atoms with E-state index < -0.39 is 27.9 Å². The van der Waals surface area contributed by atoms with Crippen LogP contribution in [-0.4, -0.2) is 73.5 Å². The summed E-state index contributed by atoms with van der Waals surface area (Å²) in [5.41, 5.74) is 0.260. The van der Waals surface area contributed by atoms with Gasteiger partial charge in [0.2, 0.25) is 10.0 Å². The zero-order valence-corrected chi connectivity index (χ0v) is 15.2. The molecule has 0 aliphatic carbocycles. The smallest absolute Gasteiger partial charge is 0.328 e. The number of ether oxygens (including phenoxy) is 1. The van der Waals surface area contributed by atoms with Crippen LogP contribution in [0.1, 0.15) is 29.6 Å². The maximum absolute atomic E-state index is 12.6. The van der Waals surface area contributed by atoms with E-state index in [0.717, 1.165) is 19.3 Å². The number of hydrogen-bond acceptors (Lipinski definition) is 5. The van der Waals surface area contributed by atoms with Gasteiger partial charge in [-0.2, -0.15) is 4.31 Å². The van der Waals surface area contributed by atoms with Gasteiger partial charge in [0, 0.05) is 25.2 Å². The number of sulfonamides is 1. The van der Waals surface area contributed by atoms with Gasteiger partial charge < -0.3 is 14.7 Å². The predicted molar refractivity (Wildman–Crippen MR) is 92.3 cm³/mol. The van der Waals surface area contributed by atoms with Crippen LogP contribution in [0.5, 0.6) is 0 Å². The average molecular weight is 382 g/mol. The number of morpholine rings is 1. The monoisotopic (exact) mass is 382 g/mol. The molecule has 142 valence electrons. The first-order valence-corrected chi connectivity index (χ1v) is 10.1. The van der Waals surface area contributed by atoms with Crippen LogP contribution in [-0.2, 0) is 19.6 Å². The third kappa shape index (κ3) is 3.74. The van der Waals surface area contributed by atoms with Crippen molar-refractivity contribution in [3.63, 3.8) is 0 Å². The van der Waals surface area contributed by atoms with Crippen LogP contribution < -0.4 is 0 Å². The molecule has 2 saturated heterocycles. The van der Waals surface area contributed by atoms with E-state index in [-0.39, 0.29) is 30.2 Å². The maximum Gasteiger partial charge on any atom is 0.328 e. The highest BCUT2D eigenvalue weighted by atomic mass is 32.2. The summed E-state index contributed by atoms with van der Waals surface area (Å²) in [5.74, 6) is -1.56. The first kappa shape index (κ1) is 18.8. The molecular formula is C17H22N2O6S. The van der Waals surface area contributed by atoms with Crippen molar-refractivity contribution in [2.24, 2.45) is 0 Å². The number of carboxylic acids is 1. The molecule has 0 aromatic heterocycles. The molecule has 1 atom stereocenters. The molecule has 2 heterocycles. The number of rotatable bonds is 4. The molecule has 1 N–H and O–H groups in total. The lowest BCUT2D eigenvalue weighted by molar-refractivity contribution is -0.147. The van der Waals surface area contributed by atoms with Crippen molar-refractivity contribution in [2.45, 2.75) is 30.2 Å². The van der Waals surface area contributed by atoms with E-state index >= 15 is 0 Å². The minimum Gasteiger partial charge on any atom is -0.480 e. The van der Waals surface area contributed by atoms with Gasteiger partial charge in [0.25, 0.3) is 5.91 Å². The Morgan fingerprint density at radius 2 is 1.69 bits per heavy atom. The van der Waals surface area contributed by atoms with Crippen LogP contribution in [0.2, 0.25) is 0 Å². The van der Waals surface area contributed by atoms with Gasteiger partial charge in [-0.3, -0.25) is 4.79 Å². The second kappa shape index (κ2) is 7.73. The van der Waals surface area contributed by atoms with Gasteiger partial charge in [-0.05, 0) is 37.1 Å². The summed E-state index contributed by atoms with van der Waals surface area (Å²) in [6.07, 6.45) is 2.73. The number of carbonyl (C=O) groups is 2. The van der Waals surface area contributed by atoms with Crippen molar-refractivity contribution < 1.29 is 27.9 Å². The molecule has 2 aliphatic heterocycles. The van der Waals surface area contributed by atoms with E-state index in [0.29, 0.717) is 13.1 Å². The summed E-state index contributed by atoms with van der Waals surface area (Å²) in [6, 6.07) is 4.66. The topological polar surface area (TPSA) is 104 Å². The molecule has 0 saturated carbocycles. The third-order valence-corrected chi connectivity index (χ3v) is 6.64. The van der Waals surface area contributed by atoms with Crippen molar-refractivity contribution in [3.05, 3.63) is 29.8 Å². The van der Waals surface area contributed by atoms with Crippen LogP contribution in [0.3, 0.4) is 0 Å². The average Bonchev–Trinajstić information content (AvgIpc) is 2.68. The zero-order valence-electron chi connectivity index (χ0n) is 14.3. The number of carboxylic acid groups (broad SMARTS) is 1. The Kier molecular flexibility index (Phi) is 5.59. The summed E-state index contributed by atoms with van der Waals surface area (Å²) >= 11 is 0. The highest BCUT2D eigenvalue weighted by molar-refractivity contribution is 7.89. The van der Waals surface area contributed by atoms with Gasteiger partial charge in [-0.25, -0.2) is 13.2 Å². The lowest BCUT2D eigenvalue weighted by Crippen LogP contribution is -2.52. The van der Waals surface area contributed by atoms with Gasteiger partial charge in [0.15, 0.2) is 6.04 Å².